The summed E-state index contributed by atoms with van der Waals surface area (Å²) < 4.78 is 7.49. The molecule has 0 saturated carbocycles. The second kappa shape index (κ2) is 11.4. The molecule has 0 amide bonds. The number of nitrogens with zero attached hydrogens (tertiary/aromatic N) is 6. The number of nitrogens with one attached hydrogen (secondary N) is 2. The zero-order valence-corrected chi connectivity index (χ0v) is 21.4. The Morgan fingerprint density at radius 1 is 1.08 bits per heavy atom. The minimum absolute atomic E-state index is 0.643. The maximum Gasteiger partial charge on any atom is 0.160 e. The van der Waals surface area contributed by atoms with Gasteiger partial charge >= 0.3 is 0 Å². The molecule has 2 aromatic heterocycles. The SMILES string of the molecule is C=CC(/C=N/Nc1cc(N2CCOCC2)n2nc(-c3ccc(N4CCNCC4)cc3)cc2n1)=C\C(=C)C. The maximum absolute atomic E-state index is 5.58. The van der Waals surface area contributed by atoms with E-state index in [2.05, 4.69) is 63.1 Å². The zero-order chi connectivity index (χ0) is 25.6. The summed E-state index contributed by atoms with van der Waals surface area (Å²) in [4.78, 5) is 9.47. The van der Waals surface area contributed by atoms with Crippen LogP contribution in [0.4, 0.5) is 17.3 Å². The van der Waals surface area contributed by atoms with E-state index < -0.39 is 0 Å². The molecule has 4 heterocycles. The minimum atomic E-state index is 0.643. The number of piperazine rings is 1. The molecule has 9 nitrogen and oxygen atoms in total. The molecule has 2 saturated heterocycles. The Bertz CT molecular complexity index is 1310. The number of hydrogen-bond donors (Lipinski definition) is 2. The third-order valence-electron chi connectivity index (χ3n) is 6.43. The summed E-state index contributed by atoms with van der Waals surface area (Å²) >= 11 is 0. The monoisotopic (exact) mass is 498 g/mol. The minimum Gasteiger partial charge on any atom is -0.378 e. The molecule has 0 unspecified atom stereocenters. The molecule has 3 aromatic rings. The van der Waals surface area contributed by atoms with Crippen LogP contribution < -0.4 is 20.5 Å². The summed E-state index contributed by atoms with van der Waals surface area (Å²) in [5, 5.41) is 12.7. The number of allylic oxidation sites excluding steroid dienone is 4. The predicted molar refractivity (Wildman–Crippen MR) is 152 cm³/mol. The molecule has 2 fully saturated rings. The first-order valence-corrected chi connectivity index (χ1v) is 12.7. The molecular formula is C28H34N8O. The highest BCUT2D eigenvalue weighted by molar-refractivity contribution is 5.83. The van der Waals surface area contributed by atoms with Gasteiger partial charge in [0.1, 0.15) is 5.82 Å². The highest BCUT2D eigenvalue weighted by atomic mass is 16.5. The number of anilines is 3. The molecule has 2 aliphatic heterocycles. The van der Waals surface area contributed by atoms with Crippen molar-refractivity contribution in [3.63, 3.8) is 0 Å². The molecule has 37 heavy (non-hydrogen) atoms. The number of hydrogen-bond acceptors (Lipinski definition) is 8. The Morgan fingerprint density at radius 2 is 1.84 bits per heavy atom. The molecule has 0 bridgehead atoms. The Morgan fingerprint density at radius 3 is 2.54 bits per heavy atom. The van der Waals surface area contributed by atoms with E-state index in [0.717, 1.165) is 73.1 Å². The van der Waals surface area contributed by atoms with Crippen LogP contribution in [0.5, 0.6) is 0 Å². The van der Waals surface area contributed by atoms with Gasteiger partial charge < -0.3 is 19.9 Å². The fourth-order valence-corrected chi connectivity index (χ4v) is 4.55. The molecule has 1 aromatic carbocycles. The van der Waals surface area contributed by atoms with E-state index in [1.54, 1.807) is 12.3 Å². The summed E-state index contributed by atoms with van der Waals surface area (Å²) in [6.45, 7) is 16.7. The molecule has 0 spiro atoms. The molecule has 9 heteroatoms. The van der Waals surface area contributed by atoms with E-state index in [1.807, 2.05) is 29.6 Å². The standard InChI is InChI=1S/C28H34N8O/c1-4-22(17-21(2)3)20-30-32-26-19-28(35-13-15-37-16-14-35)36-27(31-26)18-25(33-36)23-5-7-24(8-6-23)34-11-9-29-10-12-34/h4-8,17-20,29H,1-2,9-16H2,3H3,(H,31,32)/b22-17+,30-20+. The van der Waals surface area contributed by atoms with Gasteiger partial charge in [0.05, 0.1) is 25.1 Å². The van der Waals surface area contributed by atoms with Crippen molar-refractivity contribution in [3.05, 3.63) is 72.9 Å². The Hall–Kier alpha value is -3.95. The van der Waals surface area contributed by atoms with E-state index in [-0.39, 0.29) is 0 Å². The van der Waals surface area contributed by atoms with Crippen molar-refractivity contribution in [2.75, 3.05) is 67.7 Å². The van der Waals surface area contributed by atoms with Crippen LogP contribution >= 0.6 is 0 Å². The molecule has 0 radical (unpaired) electrons. The van der Waals surface area contributed by atoms with Crippen molar-refractivity contribution < 1.29 is 4.74 Å². The van der Waals surface area contributed by atoms with Gasteiger partial charge in [0.15, 0.2) is 11.5 Å². The number of fused-ring (bicyclic) bond motifs is 1. The maximum atomic E-state index is 5.58. The summed E-state index contributed by atoms with van der Waals surface area (Å²) in [6.07, 6.45) is 5.38. The lowest BCUT2D eigenvalue weighted by Crippen LogP contribution is -2.43. The highest BCUT2D eigenvalue weighted by Crippen LogP contribution is 2.27. The Labute approximate surface area is 217 Å². The number of ether oxygens (including phenoxy) is 1. The lowest BCUT2D eigenvalue weighted by molar-refractivity contribution is 0.122. The van der Waals surface area contributed by atoms with E-state index in [4.69, 9.17) is 14.8 Å². The molecule has 2 aliphatic rings. The van der Waals surface area contributed by atoms with Crippen molar-refractivity contribution in [2.24, 2.45) is 5.10 Å². The van der Waals surface area contributed by atoms with Crippen molar-refractivity contribution in [1.82, 2.24) is 19.9 Å². The lowest BCUT2D eigenvalue weighted by Gasteiger charge is -2.29. The zero-order valence-electron chi connectivity index (χ0n) is 21.4. The van der Waals surface area contributed by atoms with Gasteiger partial charge in [0.2, 0.25) is 0 Å². The summed E-state index contributed by atoms with van der Waals surface area (Å²) in [5.41, 5.74) is 8.81. The molecule has 0 aliphatic carbocycles. The first kappa shape index (κ1) is 24.7. The van der Waals surface area contributed by atoms with E-state index in [1.165, 1.54) is 5.69 Å². The average molecular weight is 499 g/mol. The van der Waals surface area contributed by atoms with Gasteiger partial charge in [-0.1, -0.05) is 43.0 Å². The Balaban J connectivity index is 1.45. The molecular weight excluding hydrogens is 464 g/mol. The second-order valence-corrected chi connectivity index (χ2v) is 9.25. The van der Waals surface area contributed by atoms with Gasteiger partial charge in [0.25, 0.3) is 0 Å². The number of aromatic nitrogens is 3. The van der Waals surface area contributed by atoms with E-state index >= 15 is 0 Å². The first-order chi connectivity index (χ1) is 18.1. The quantitative estimate of drug-likeness (QED) is 0.278. The van der Waals surface area contributed by atoms with Crippen LogP contribution in [-0.4, -0.2) is 73.3 Å². The van der Waals surface area contributed by atoms with Crippen molar-refractivity contribution in [2.45, 2.75) is 6.92 Å². The third-order valence-corrected chi connectivity index (χ3v) is 6.43. The van der Waals surface area contributed by atoms with Crippen molar-refractivity contribution >= 4 is 29.2 Å². The van der Waals surface area contributed by atoms with Crippen LogP contribution in [0.2, 0.25) is 0 Å². The molecule has 192 valence electrons. The van der Waals surface area contributed by atoms with Gasteiger partial charge in [-0.15, -0.1) is 0 Å². The lowest BCUT2D eigenvalue weighted by atomic mass is 10.1. The van der Waals surface area contributed by atoms with Crippen LogP contribution in [0.15, 0.2) is 78.0 Å². The predicted octanol–water partition coefficient (Wildman–Crippen LogP) is 3.73. The molecule has 0 atom stereocenters. The average Bonchev–Trinajstić information content (AvgIpc) is 3.37. The van der Waals surface area contributed by atoms with E-state index in [9.17, 15) is 0 Å². The second-order valence-electron chi connectivity index (χ2n) is 9.25. The fraction of sp³-hybridized carbons (Fsp3) is 0.321. The first-order valence-electron chi connectivity index (χ1n) is 12.7. The van der Waals surface area contributed by atoms with Crippen LogP contribution in [0.1, 0.15) is 6.92 Å². The van der Waals surface area contributed by atoms with Crippen LogP contribution in [-0.2, 0) is 4.74 Å². The van der Waals surface area contributed by atoms with E-state index in [0.29, 0.717) is 19.0 Å². The largest absolute Gasteiger partial charge is 0.378 e. The third kappa shape index (κ3) is 5.90. The topological polar surface area (TPSA) is 82.3 Å². The number of benzene rings is 1. The van der Waals surface area contributed by atoms with Gasteiger partial charge in [0, 0.05) is 62.7 Å². The normalized spacial score (nSPS) is 16.9. The summed E-state index contributed by atoms with van der Waals surface area (Å²) in [6, 6.07) is 12.6. The number of hydrazone groups is 1. The van der Waals surface area contributed by atoms with Gasteiger partial charge in [-0.25, -0.2) is 4.98 Å². The number of morpholine rings is 1. The van der Waals surface area contributed by atoms with Gasteiger partial charge in [-0.2, -0.15) is 14.7 Å². The van der Waals surface area contributed by atoms with Crippen LogP contribution in [0, 0.1) is 0 Å². The van der Waals surface area contributed by atoms with Crippen LogP contribution in [0.25, 0.3) is 16.9 Å². The van der Waals surface area contributed by atoms with Crippen LogP contribution in [0.3, 0.4) is 0 Å². The van der Waals surface area contributed by atoms with Crippen molar-refractivity contribution in [3.8, 4) is 11.3 Å². The fourth-order valence-electron chi connectivity index (χ4n) is 4.55. The summed E-state index contributed by atoms with van der Waals surface area (Å²) in [5.74, 6) is 1.60. The Kier molecular flexibility index (Phi) is 7.62. The smallest absolute Gasteiger partial charge is 0.160 e. The highest BCUT2D eigenvalue weighted by Gasteiger charge is 2.19. The molecule has 5 rings (SSSR count). The van der Waals surface area contributed by atoms with Gasteiger partial charge in [-0.3, -0.25) is 5.43 Å². The van der Waals surface area contributed by atoms with Gasteiger partial charge in [-0.05, 0) is 24.6 Å². The van der Waals surface area contributed by atoms with Crippen molar-refractivity contribution in [1.29, 1.82) is 0 Å². The summed E-state index contributed by atoms with van der Waals surface area (Å²) in [7, 11) is 0. The number of rotatable bonds is 8. The molecule has 2 N–H and O–H groups in total.